The van der Waals surface area contributed by atoms with Gasteiger partial charge in [-0.1, -0.05) is 11.6 Å². The van der Waals surface area contributed by atoms with Gasteiger partial charge in [-0.3, -0.25) is 5.32 Å². The Morgan fingerprint density at radius 1 is 1.38 bits per heavy atom. The average Bonchev–Trinajstić information content (AvgIpc) is 2.52. The highest BCUT2D eigenvalue weighted by Crippen LogP contribution is 2.48. The Kier molecular flexibility index (Phi) is 3.51. The average molecular weight is 350 g/mol. The molecule has 8 heteroatoms. The zero-order valence-corrected chi connectivity index (χ0v) is 13.7. The van der Waals surface area contributed by atoms with E-state index in [1.807, 2.05) is 17.9 Å². The number of anilines is 1. The third-order valence-electron chi connectivity index (χ3n) is 4.77. The molecule has 4 heterocycles. The van der Waals surface area contributed by atoms with Crippen molar-refractivity contribution in [3.63, 3.8) is 0 Å². The molecule has 0 amide bonds. The Morgan fingerprint density at radius 3 is 2.96 bits per heavy atom. The molecule has 3 aliphatic heterocycles. The van der Waals surface area contributed by atoms with Crippen LogP contribution in [0.15, 0.2) is 24.4 Å². The summed E-state index contributed by atoms with van der Waals surface area (Å²) in [7, 11) is 0. The topological polar surface area (TPSA) is 80.8 Å². The fourth-order valence-electron chi connectivity index (χ4n) is 3.59. The maximum absolute atomic E-state index is 12.1. The molecule has 2 fully saturated rings. The summed E-state index contributed by atoms with van der Waals surface area (Å²) in [5, 5.41) is 3.57. The molecule has 0 bridgehead atoms. The first-order chi connectivity index (χ1) is 11.5. The number of carbonyl (C=O) groups excluding carboxylic acids is 2. The molecule has 126 valence electrons. The number of aryl methyl sites for hydroxylation is 1. The molecule has 0 radical (unpaired) electrons. The van der Waals surface area contributed by atoms with Gasteiger partial charge in [0.15, 0.2) is 0 Å². The monoisotopic (exact) mass is 349 g/mol. The number of nitrogens with zero attached hydrogens (tertiary/aromatic N) is 2. The third-order valence-corrected chi connectivity index (χ3v) is 5.17. The summed E-state index contributed by atoms with van der Waals surface area (Å²) in [6, 6.07) is 1.89. The van der Waals surface area contributed by atoms with E-state index < -0.39 is 23.9 Å². The van der Waals surface area contributed by atoms with E-state index in [2.05, 4.69) is 10.3 Å². The van der Waals surface area contributed by atoms with Gasteiger partial charge >= 0.3 is 11.9 Å². The van der Waals surface area contributed by atoms with Crippen LogP contribution in [0.1, 0.15) is 12.0 Å². The molecule has 24 heavy (non-hydrogen) atoms. The number of esters is 2. The molecule has 0 saturated carbocycles. The molecule has 1 aromatic rings. The van der Waals surface area contributed by atoms with Crippen LogP contribution in [0.5, 0.6) is 0 Å². The van der Waals surface area contributed by atoms with Crippen LogP contribution < -0.4 is 10.2 Å². The molecular formula is C16H16ClN3O4. The van der Waals surface area contributed by atoms with Gasteiger partial charge in [0.1, 0.15) is 5.15 Å². The molecule has 0 aliphatic carbocycles. The van der Waals surface area contributed by atoms with E-state index in [0.29, 0.717) is 18.2 Å². The minimum atomic E-state index is -1.06. The van der Waals surface area contributed by atoms with Crippen molar-refractivity contribution in [2.24, 2.45) is 5.92 Å². The lowest BCUT2D eigenvalue weighted by Crippen LogP contribution is -2.80. The highest BCUT2D eigenvalue weighted by Gasteiger charge is 2.65. The van der Waals surface area contributed by atoms with Gasteiger partial charge in [0.25, 0.3) is 0 Å². The van der Waals surface area contributed by atoms with Crippen LogP contribution in [0, 0.1) is 12.8 Å². The van der Waals surface area contributed by atoms with Gasteiger partial charge in [-0.15, -0.1) is 0 Å². The maximum atomic E-state index is 12.1. The molecule has 1 N–H and O–H groups in total. The van der Waals surface area contributed by atoms with Crippen LogP contribution in [-0.4, -0.2) is 42.0 Å². The van der Waals surface area contributed by atoms with Crippen molar-refractivity contribution in [2.45, 2.75) is 25.3 Å². The molecule has 4 rings (SSSR count). The van der Waals surface area contributed by atoms with Crippen molar-refractivity contribution in [3.05, 3.63) is 35.1 Å². The minimum Gasteiger partial charge on any atom is -0.437 e. The normalized spacial score (nSPS) is 33.2. The van der Waals surface area contributed by atoms with Crippen LogP contribution in [0.2, 0.25) is 5.15 Å². The van der Waals surface area contributed by atoms with E-state index >= 15 is 0 Å². The number of aromatic nitrogens is 1. The number of carbonyl (C=O) groups is 2. The van der Waals surface area contributed by atoms with E-state index in [1.54, 1.807) is 6.20 Å². The first-order valence-electron chi connectivity index (χ1n) is 7.75. The van der Waals surface area contributed by atoms with Gasteiger partial charge in [-0.25, -0.2) is 14.6 Å². The van der Waals surface area contributed by atoms with Crippen LogP contribution in [0.25, 0.3) is 0 Å². The van der Waals surface area contributed by atoms with E-state index in [-0.39, 0.29) is 5.92 Å². The van der Waals surface area contributed by atoms with Gasteiger partial charge in [0, 0.05) is 24.6 Å². The van der Waals surface area contributed by atoms with Gasteiger partial charge in [0.05, 0.1) is 11.9 Å². The van der Waals surface area contributed by atoms with Crippen LogP contribution in [-0.2, 0) is 19.1 Å². The van der Waals surface area contributed by atoms with E-state index in [4.69, 9.17) is 21.1 Å². The lowest BCUT2D eigenvalue weighted by molar-refractivity contribution is -0.224. The quantitative estimate of drug-likeness (QED) is 0.601. The Hall–Kier alpha value is -2.12. The number of halogens is 1. The molecule has 0 aromatic carbocycles. The molecule has 3 aliphatic rings. The Bertz CT molecular complexity index is 753. The van der Waals surface area contributed by atoms with Crippen molar-refractivity contribution < 1.29 is 19.1 Å². The van der Waals surface area contributed by atoms with Gasteiger partial charge in [-0.05, 0) is 31.5 Å². The summed E-state index contributed by atoms with van der Waals surface area (Å²) < 4.78 is 11.2. The Balaban J connectivity index is 1.77. The number of ether oxygens (including phenoxy) is 2. The smallest absolute Gasteiger partial charge is 0.333 e. The fraction of sp³-hybridized carbons (Fsp3) is 0.438. The lowest BCUT2D eigenvalue weighted by atomic mass is 9.77. The first-order valence-corrected chi connectivity index (χ1v) is 8.13. The highest BCUT2D eigenvalue weighted by molar-refractivity contribution is 6.30. The molecule has 7 nitrogen and oxygen atoms in total. The molecule has 2 saturated heterocycles. The summed E-state index contributed by atoms with van der Waals surface area (Å²) in [6.07, 6.45) is 3.90. The second-order valence-corrected chi connectivity index (χ2v) is 6.53. The predicted octanol–water partition coefficient (Wildman–Crippen LogP) is 1.15. The van der Waals surface area contributed by atoms with Crippen molar-refractivity contribution in [3.8, 4) is 0 Å². The molecule has 1 unspecified atom stereocenters. The lowest BCUT2D eigenvalue weighted by Gasteiger charge is -2.62. The summed E-state index contributed by atoms with van der Waals surface area (Å²) >= 11 is 6.00. The second-order valence-electron chi connectivity index (χ2n) is 6.17. The molecule has 1 aromatic heterocycles. The van der Waals surface area contributed by atoms with Crippen molar-refractivity contribution in [1.82, 2.24) is 10.3 Å². The zero-order valence-electron chi connectivity index (χ0n) is 13.0. The zero-order chi connectivity index (χ0) is 16.9. The summed E-state index contributed by atoms with van der Waals surface area (Å²) in [4.78, 5) is 30.0. The summed E-state index contributed by atoms with van der Waals surface area (Å²) in [5.74, 6) is -1.06. The minimum absolute atomic E-state index is 0.0722. The number of piperidine rings is 1. The van der Waals surface area contributed by atoms with Crippen LogP contribution in [0.3, 0.4) is 0 Å². The van der Waals surface area contributed by atoms with Gasteiger partial charge in [0.2, 0.25) is 12.0 Å². The third kappa shape index (κ3) is 2.19. The van der Waals surface area contributed by atoms with E-state index in [9.17, 15) is 9.59 Å². The largest absolute Gasteiger partial charge is 0.437 e. The van der Waals surface area contributed by atoms with Gasteiger partial charge in [-0.2, -0.15) is 0 Å². The van der Waals surface area contributed by atoms with Crippen molar-refractivity contribution >= 4 is 29.2 Å². The Morgan fingerprint density at radius 2 is 2.17 bits per heavy atom. The van der Waals surface area contributed by atoms with E-state index in [0.717, 1.165) is 29.8 Å². The predicted molar refractivity (Wildman–Crippen MR) is 85.3 cm³/mol. The molecule has 1 spiro atoms. The van der Waals surface area contributed by atoms with Crippen LogP contribution >= 0.6 is 11.6 Å². The summed E-state index contributed by atoms with van der Waals surface area (Å²) in [6.45, 7) is 3.24. The summed E-state index contributed by atoms with van der Waals surface area (Å²) in [5.41, 5.74) is 0.538. The maximum Gasteiger partial charge on any atom is 0.333 e. The number of hydrogen-bond donors (Lipinski definition) is 1. The van der Waals surface area contributed by atoms with Gasteiger partial charge < -0.3 is 14.4 Å². The first kappa shape index (κ1) is 15.4. The highest BCUT2D eigenvalue weighted by atomic mass is 35.5. The number of pyridine rings is 1. The van der Waals surface area contributed by atoms with Crippen molar-refractivity contribution in [1.29, 1.82) is 0 Å². The number of nitrogens with one attached hydrogen (secondary N) is 1. The fourth-order valence-corrected chi connectivity index (χ4v) is 3.70. The second kappa shape index (κ2) is 5.46. The molecular weight excluding hydrogens is 334 g/mol. The molecule has 3 atom stereocenters. The van der Waals surface area contributed by atoms with Crippen molar-refractivity contribution in [2.75, 3.05) is 18.0 Å². The van der Waals surface area contributed by atoms with Crippen LogP contribution in [0.4, 0.5) is 5.69 Å². The SMILES string of the molecule is Cc1cc(N2C[C@@H]3CCNC4OC(=O)/C=C/C(=O)O[C@@]432)cnc1Cl. The standard InChI is InChI=1S/C16H16ClN3O4/c1-9-6-11(7-19-14(9)17)20-8-10-4-5-18-15-16(10,20)24-13(22)3-2-12(21)23-15/h2-3,6-7,10,15,18H,4-5,8H2,1H3/b3-2+/t10-,15?,16+/m0/s1. The Labute approximate surface area is 143 Å². The number of hydrogen-bond acceptors (Lipinski definition) is 7. The van der Waals surface area contributed by atoms with E-state index in [1.165, 1.54) is 0 Å². The number of rotatable bonds is 1.